The highest BCUT2D eigenvalue weighted by atomic mass is 32.2. The monoisotopic (exact) mass is 427 g/mol. The van der Waals surface area contributed by atoms with Gasteiger partial charge in [0, 0.05) is 48.4 Å². The summed E-state index contributed by atoms with van der Waals surface area (Å²) in [5.74, 6) is -0.0852. The number of aryl methyl sites for hydroxylation is 1. The Balaban J connectivity index is 1.51. The van der Waals surface area contributed by atoms with Gasteiger partial charge in [0.2, 0.25) is 16.0 Å². The number of rotatable bonds is 4. The van der Waals surface area contributed by atoms with Crippen molar-refractivity contribution in [1.29, 1.82) is 0 Å². The van der Waals surface area contributed by atoms with E-state index < -0.39 is 15.8 Å². The van der Waals surface area contributed by atoms with Crippen molar-refractivity contribution in [1.82, 2.24) is 19.3 Å². The number of aromatic nitrogens is 3. The molecule has 4 rings (SSSR count). The van der Waals surface area contributed by atoms with Crippen molar-refractivity contribution in [2.75, 3.05) is 18.8 Å². The van der Waals surface area contributed by atoms with Crippen molar-refractivity contribution in [3.05, 3.63) is 66.0 Å². The summed E-state index contributed by atoms with van der Waals surface area (Å²) in [6, 6.07) is 8.92. The Labute approximate surface area is 174 Å². The van der Waals surface area contributed by atoms with Gasteiger partial charge in [0.1, 0.15) is 5.82 Å². The van der Waals surface area contributed by atoms with Gasteiger partial charge in [-0.25, -0.2) is 22.8 Å². The second-order valence-corrected chi connectivity index (χ2v) is 9.32. The third-order valence-corrected chi connectivity index (χ3v) is 7.21. The maximum absolute atomic E-state index is 13.1. The molecule has 0 bridgehead atoms. The lowest BCUT2D eigenvalue weighted by atomic mass is 9.92. The molecule has 3 heterocycles. The van der Waals surface area contributed by atoms with Gasteiger partial charge in [-0.15, -0.1) is 0 Å². The van der Waals surface area contributed by atoms with Crippen LogP contribution < -0.4 is 5.73 Å². The fourth-order valence-corrected chi connectivity index (χ4v) is 5.17. The number of anilines is 1. The minimum Gasteiger partial charge on any atom is -0.368 e. The first-order chi connectivity index (χ1) is 14.3. The van der Waals surface area contributed by atoms with Crippen LogP contribution in [0.5, 0.6) is 0 Å². The number of sulfonamides is 1. The maximum atomic E-state index is 13.1. The average Bonchev–Trinajstić information content (AvgIpc) is 2.74. The Morgan fingerprint density at radius 3 is 2.30 bits per heavy atom. The Morgan fingerprint density at radius 2 is 1.67 bits per heavy atom. The first-order valence-electron chi connectivity index (χ1n) is 9.65. The fraction of sp³-hybridized carbons (Fsp3) is 0.286. The van der Waals surface area contributed by atoms with E-state index in [0.717, 1.165) is 22.5 Å². The number of nitrogens with two attached hydrogens (primary N) is 1. The first kappa shape index (κ1) is 20.4. The van der Waals surface area contributed by atoms with Crippen LogP contribution >= 0.6 is 0 Å². The molecule has 1 aromatic carbocycles. The normalized spacial score (nSPS) is 15.9. The van der Waals surface area contributed by atoms with E-state index in [-0.39, 0.29) is 16.8 Å². The molecule has 2 aromatic heterocycles. The molecule has 156 valence electrons. The summed E-state index contributed by atoms with van der Waals surface area (Å²) in [5, 5.41) is 0. The van der Waals surface area contributed by atoms with Gasteiger partial charge in [0.05, 0.1) is 4.90 Å². The smallest absolute Gasteiger partial charge is 0.243 e. The lowest BCUT2D eigenvalue weighted by Gasteiger charge is -2.31. The van der Waals surface area contributed by atoms with E-state index in [1.54, 1.807) is 12.4 Å². The fourth-order valence-electron chi connectivity index (χ4n) is 3.70. The number of nitrogen functional groups attached to an aromatic ring is 1. The zero-order valence-corrected chi connectivity index (χ0v) is 17.3. The van der Waals surface area contributed by atoms with Gasteiger partial charge in [-0.2, -0.15) is 4.31 Å². The molecule has 9 heteroatoms. The molecule has 0 aliphatic carbocycles. The molecule has 0 spiro atoms. The quantitative estimate of drug-likeness (QED) is 0.686. The van der Waals surface area contributed by atoms with Gasteiger partial charge in [-0.3, -0.25) is 4.98 Å². The molecule has 1 aliphatic rings. The Morgan fingerprint density at radius 1 is 1.03 bits per heavy atom. The Kier molecular flexibility index (Phi) is 5.48. The SMILES string of the molecule is Cc1cc(-c2cnc(N)nc2)cc(C2CCN(S(=O)(=O)c3ccc(F)cc3)CC2)n1. The van der Waals surface area contributed by atoms with Crippen LogP contribution in [0.25, 0.3) is 11.1 Å². The molecule has 3 aromatic rings. The highest BCUT2D eigenvalue weighted by Crippen LogP contribution is 2.32. The molecule has 1 saturated heterocycles. The summed E-state index contributed by atoms with van der Waals surface area (Å²) in [6.45, 7) is 2.71. The van der Waals surface area contributed by atoms with Crippen molar-refractivity contribution in [2.24, 2.45) is 0 Å². The molecule has 0 unspecified atom stereocenters. The summed E-state index contributed by atoms with van der Waals surface area (Å²) in [6.07, 6.45) is 4.68. The zero-order valence-electron chi connectivity index (χ0n) is 16.5. The second-order valence-electron chi connectivity index (χ2n) is 7.38. The summed E-state index contributed by atoms with van der Waals surface area (Å²) < 4.78 is 40.2. The molecule has 30 heavy (non-hydrogen) atoms. The van der Waals surface area contributed by atoms with Crippen LogP contribution in [0.15, 0.2) is 53.7 Å². The predicted molar refractivity (Wildman–Crippen MR) is 112 cm³/mol. The van der Waals surface area contributed by atoms with E-state index in [4.69, 9.17) is 5.73 Å². The molecule has 0 radical (unpaired) electrons. The van der Waals surface area contributed by atoms with Crippen molar-refractivity contribution < 1.29 is 12.8 Å². The van der Waals surface area contributed by atoms with Crippen molar-refractivity contribution >= 4 is 16.0 Å². The van der Waals surface area contributed by atoms with Crippen LogP contribution in [0.2, 0.25) is 0 Å². The number of pyridine rings is 1. The minimum absolute atomic E-state index is 0.113. The third-order valence-electron chi connectivity index (χ3n) is 5.30. The van der Waals surface area contributed by atoms with Gasteiger partial charge in [0.15, 0.2) is 0 Å². The van der Waals surface area contributed by atoms with Crippen LogP contribution in [-0.4, -0.2) is 40.8 Å². The summed E-state index contributed by atoms with van der Waals surface area (Å²) in [4.78, 5) is 12.9. The van der Waals surface area contributed by atoms with E-state index in [1.165, 1.54) is 28.6 Å². The van der Waals surface area contributed by atoms with Crippen LogP contribution in [0.3, 0.4) is 0 Å². The Bertz CT molecular complexity index is 1140. The van der Waals surface area contributed by atoms with Gasteiger partial charge in [-0.1, -0.05) is 0 Å². The van der Waals surface area contributed by atoms with Crippen molar-refractivity contribution in [3.8, 4) is 11.1 Å². The highest BCUT2D eigenvalue weighted by molar-refractivity contribution is 7.89. The predicted octanol–water partition coefficient (Wildman–Crippen LogP) is 3.14. The number of hydrogen-bond acceptors (Lipinski definition) is 6. The molecule has 0 atom stereocenters. The van der Waals surface area contributed by atoms with Gasteiger partial charge in [-0.05, 0) is 61.7 Å². The first-order valence-corrected chi connectivity index (χ1v) is 11.1. The number of hydrogen-bond donors (Lipinski definition) is 1. The molecular formula is C21H22FN5O2S. The van der Waals surface area contributed by atoms with E-state index in [9.17, 15) is 12.8 Å². The van der Waals surface area contributed by atoms with Crippen molar-refractivity contribution in [3.63, 3.8) is 0 Å². The lowest BCUT2D eigenvalue weighted by Crippen LogP contribution is -2.38. The van der Waals surface area contributed by atoms with Crippen LogP contribution in [-0.2, 0) is 10.0 Å². The number of benzene rings is 1. The van der Waals surface area contributed by atoms with Crippen LogP contribution in [0, 0.1) is 12.7 Å². The van der Waals surface area contributed by atoms with E-state index in [0.29, 0.717) is 25.9 Å². The number of piperidine rings is 1. The van der Waals surface area contributed by atoms with Crippen molar-refractivity contribution in [2.45, 2.75) is 30.6 Å². The topological polar surface area (TPSA) is 102 Å². The highest BCUT2D eigenvalue weighted by Gasteiger charge is 2.30. The molecule has 1 fully saturated rings. The average molecular weight is 428 g/mol. The molecule has 2 N–H and O–H groups in total. The molecule has 1 aliphatic heterocycles. The molecule has 7 nitrogen and oxygen atoms in total. The standard InChI is InChI=1S/C21H22FN5O2S/c1-14-10-16(17-12-24-21(23)25-13-17)11-20(26-14)15-6-8-27(9-7-15)30(28,29)19-4-2-18(22)3-5-19/h2-5,10-13,15H,6-9H2,1H3,(H2,23,24,25). The Hall–Kier alpha value is -2.91. The summed E-state index contributed by atoms with van der Waals surface area (Å²) in [5.41, 5.74) is 9.19. The summed E-state index contributed by atoms with van der Waals surface area (Å²) in [7, 11) is -3.63. The van der Waals surface area contributed by atoms with E-state index in [2.05, 4.69) is 15.0 Å². The lowest BCUT2D eigenvalue weighted by molar-refractivity contribution is 0.316. The third kappa shape index (κ3) is 4.17. The van der Waals surface area contributed by atoms with Gasteiger partial charge in [0.25, 0.3) is 0 Å². The number of halogens is 1. The molecular weight excluding hydrogens is 405 g/mol. The molecule has 0 saturated carbocycles. The largest absolute Gasteiger partial charge is 0.368 e. The van der Waals surface area contributed by atoms with Gasteiger partial charge < -0.3 is 5.73 Å². The molecule has 0 amide bonds. The van der Waals surface area contributed by atoms with Gasteiger partial charge >= 0.3 is 0 Å². The van der Waals surface area contributed by atoms with E-state index in [1.807, 2.05) is 19.1 Å². The zero-order chi connectivity index (χ0) is 21.3. The van der Waals surface area contributed by atoms with Crippen LogP contribution in [0.4, 0.5) is 10.3 Å². The maximum Gasteiger partial charge on any atom is 0.243 e. The summed E-state index contributed by atoms with van der Waals surface area (Å²) >= 11 is 0. The second kappa shape index (κ2) is 8.08. The minimum atomic E-state index is -3.63. The number of nitrogens with zero attached hydrogens (tertiary/aromatic N) is 4. The van der Waals surface area contributed by atoms with E-state index >= 15 is 0 Å². The van der Waals surface area contributed by atoms with Crippen LogP contribution in [0.1, 0.15) is 30.1 Å².